The van der Waals surface area contributed by atoms with Gasteiger partial charge in [-0.2, -0.15) is 4.68 Å². The summed E-state index contributed by atoms with van der Waals surface area (Å²) in [7, 11) is 1.59. The average Bonchev–Trinajstić information content (AvgIpc) is 3.02. The van der Waals surface area contributed by atoms with Gasteiger partial charge in [-0.05, 0) is 34.2 Å². The Morgan fingerprint density at radius 1 is 1.14 bits per heavy atom. The van der Waals surface area contributed by atoms with Crippen molar-refractivity contribution in [2.24, 2.45) is 0 Å². The molecule has 3 rings (SSSR count). The number of benzene rings is 2. The Labute approximate surface area is 131 Å². The van der Waals surface area contributed by atoms with Gasteiger partial charge in [0.1, 0.15) is 17.3 Å². The number of ether oxygens (including phenoxy) is 1. The van der Waals surface area contributed by atoms with Crippen LogP contribution in [0.5, 0.6) is 5.75 Å². The third-order valence-corrected chi connectivity index (χ3v) is 4.04. The summed E-state index contributed by atoms with van der Waals surface area (Å²) in [4.78, 5) is 0. The maximum absolute atomic E-state index is 13.7. The van der Waals surface area contributed by atoms with Gasteiger partial charge in [-0.15, -0.1) is 5.10 Å². The lowest BCUT2D eigenvalue weighted by molar-refractivity contribution is 0.410. The van der Waals surface area contributed by atoms with E-state index in [1.807, 2.05) is 30.3 Å². The molecule has 3 aromatic rings. The van der Waals surface area contributed by atoms with Crippen LogP contribution >= 0.6 is 11.8 Å². The summed E-state index contributed by atoms with van der Waals surface area (Å²) in [5.41, 5.74) is 1.35. The molecular formula is C15H13FN4OS. The summed E-state index contributed by atoms with van der Waals surface area (Å²) >= 11 is 1.37. The zero-order valence-electron chi connectivity index (χ0n) is 11.8. The fourth-order valence-electron chi connectivity index (χ4n) is 1.98. The summed E-state index contributed by atoms with van der Waals surface area (Å²) < 4.78 is 20.6. The maximum Gasteiger partial charge on any atom is 0.214 e. The Balaban J connectivity index is 1.85. The topological polar surface area (TPSA) is 52.8 Å². The van der Waals surface area contributed by atoms with E-state index >= 15 is 0 Å². The highest BCUT2D eigenvalue weighted by molar-refractivity contribution is 7.98. The Kier molecular flexibility index (Phi) is 4.34. The van der Waals surface area contributed by atoms with Crippen molar-refractivity contribution >= 4 is 11.8 Å². The van der Waals surface area contributed by atoms with Crippen LogP contribution < -0.4 is 4.74 Å². The molecule has 0 spiro atoms. The van der Waals surface area contributed by atoms with Gasteiger partial charge in [-0.3, -0.25) is 0 Å². The molecule has 0 aliphatic carbocycles. The second-order valence-electron chi connectivity index (χ2n) is 4.43. The van der Waals surface area contributed by atoms with Gasteiger partial charge in [0.2, 0.25) is 5.16 Å². The van der Waals surface area contributed by atoms with Crippen molar-refractivity contribution in [3.05, 3.63) is 59.9 Å². The van der Waals surface area contributed by atoms with Crippen LogP contribution in [0.1, 0.15) is 5.56 Å². The number of hydrogen-bond acceptors (Lipinski definition) is 5. The third-order valence-electron chi connectivity index (χ3n) is 3.07. The van der Waals surface area contributed by atoms with Crippen molar-refractivity contribution in [2.45, 2.75) is 10.9 Å². The van der Waals surface area contributed by atoms with Crippen molar-refractivity contribution in [3.8, 4) is 11.4 Å². The minimum absolute atomic E-state index is 0.230. The molecule has 0 amide bonds. The lowest BCUT2D eigenvalue weighted by Crippen LogP contribution is -2.02. The molecule has 0 atom stereocenters. The largest absolute Gasteiger partial charge is 0.494 e. The number of thioether (sulfide) groups is 1. The van der Waals surface area contributed by atoms with Crippen LogP contribution in [0.3, 0.4) is 0 Å². The van der Waals surface area contributed by atoms with E-state index in [4.69, 9.17) is 4.74 Å². The molecule has 0 saturated heterocycles. The molecule has 7 heteroatoms. The highest BCUT2D eigenvalue weighted by Crippen LogP contribution is 2.27. The number of para-hydroxylation sites is 2. The van der Waals surface area contributed by atoms with Gasteiger partial charge in [0.25, 0.3) is 0 Å². The standard InChI is InChI=1S/C15H13FN4OS/c1-21-14-9-5-4-8-13(14)20-15(17-18-19-20)22-10-11-6-2-3-7-12(11)16/h2-9H,10H2,1H3. The summed E-state index contributed by atoms with van der Waals surface area (Å²) in [6.07, 6.45) is 0. The third kappa shape index (κ3) is 2.94. The van der Waals surface area contributed by atoms with E-state index in [2.05, 4.69) is 15.5 Å². The van der Waals surface area contributed by atoms with Gasteiger partial charge in [0.15, 0.2) is 0 Å². The molecule has 5 nitrogen and oxygen atoms in total. The summed E-state index contributed by atoms with van der Waals surface area (Å²) in [5.74, 6) is 0.885. The molecule has 0 unspecified atom stereocenters. The highest BCUT2D eigenvalue weighted by atomic mass is 32.2. The SMILES string of the molecule is COc1ccccc1-n1nnnc1SCc1ccccc1F. The smallest absolute Gasteiger partial charge is 0.214 e. The lowest BCUT2D eigenvalue weighted by atomic mass is 10.2. The molecule has 112 valence electrons. The van der Waals surface area contributed by atoms with Crippen molar-refractivity contribution in [1.82, 2.24) is 20.2 Å². The minimum Gasteiger partial charge on any atom is -0.494 e. The number of halogens is 1. The van der Waals surface area contributed by atoms with Gasteiger partial charge in [-0.25, -0.2) is 4.39 Å². The first-order valence-electron chi connectivity index (χ1n) is 6.57. The van der Waals surface area contributed by atoms with Crippen molar-refractivity contribution < 1.29 is 9.13 Å². The molecule has 0 saturated carbocycles. The van der Waals surface area contributed by atoms with E-state index in [9.17, 15) is 4.39 Å². The first-order valence-corrected chi connectivity index (χ1v) is 7.56. The lowest BCUT2D eigenvalue weighted by Gasteiger charge is -2.09. The van der Waals surface area contributed by atoms with Gasteiger partial charge in [0.05, 0.1) is 7.11 Å². The first kappa shape index (κ1) is 14.5. The predicted molar refractivity (Wildman–Crippen MR) is 81.7 cm³/mol. The first-order chi connectivity index (χ1) is 10.8. The average molecular weight is 316 g/mol. The van der Waals surface area contributed by atoms with E-state index in [0.717, 1.165) is 5.69 Å². The van der Waals surface area contributed by atoms with Crippen LogP contribution in [0.2, 0.25) is 0 Å². The Morgan fingerprint density at radius 3 is 2.73 bits per heavy atom. The molecule has 0 fully saturated rings. The quantitative estimate of drug-likeness (QED) is 0.677. The van der Waals surface area contributed by atoms with Gasteiger partial charge >= 0.3 is 0 Å². The molecule has 0 bridgehead atoms. The monoisotopic (exact) mass is 316 g/mol. The molecule has 0 aliphatic heterocycles. The number of tetrazole rings is 1. The zero-order valence-corrected chi connectivity index (χ0v) is 12.6. The number of rotatable bonds is 5. The number of aromatic nitrogens is 4. The molecule has 0 aliphatic rings. The summed E-state index contributed by atoms with van der Waals surface area (Å²) in [6, 6.07) is 14.1. The fourth-order valence-corrected chi connectivity index (χ4v) is 2.85. The van der Waals surface area contributed by atoms with Crippen LogP contribution in [0.25, 0.3) is 5.69 Å². The number of nitrogens with zero attached hydrogens (tertiary/aromatic N) is 4. The van der Waals surface area contributed by atoms with E-state index in [0.29, 0.717) is 22.2 Å². The van der Waals surface area contributed by atoms with Crippen LogP contribution in [0.4, 0.5) is 4.39 Å². The van der Waals surface area contributed by atoms with Crippen molar-refractivity contribution in [1.29, 1.82) is 0 Å². The summed E-state index contributed by atoms with van der Waals surface area (Å²) in [5, 5.41) is 12.3. The van der Waals surface area contributed by atoms with E-state index < -0.39 is 0 Å². The fraction of sp³-hybridized carbons (Fsp3) is 0.133. The summed E-state index contributed by atoms with van der Waals surface area (Å²) in [6.45, 7) is 0. The number of hydrogen-bond donors (Lipinski definition) is 0. The predicted octanol–water partition coefficient (Wildman–Crippen LogP) is 3.10. The molecule has 1 heterocycles. The van der Waals surface area contributed by atoms with Gasteiger partial charge in [-0.1, -0.05) is 42.1 Å². The Morgan fingerprint density at radius 2 is 1.91 bits per heavy atom. The Hall–Kier alpha value is -2.41. The molecule has 1 aromatic heterocycles. The van der Waals surface area contributed by atoms with E-state index in [1.54, 1.807) is 23.9 Å². The zero-order chi connectivity index (χ0) is 15.4. The second-order valence-corrected chi connectivity index (χ2v) is 5.37. The maximum atomic E-state index is 13.7. The second kappa shape index (κ2) is 6.57. The highest BCUT2D eigenvalue weighted by Gasteiger charge is 2.13. The molecule has 22 heavy (non-hydrogen) atoms. The van der Waals surface area contributed by atoms with E-state index in [-0.39, 0.29) is 5.82 Å². The van der Waals surface area contributed by atoms with Crippen LogP contribution in [-0.4, -0.2) is 27.3 Å². The van der Waals surface area contributed by atoms with Gasteiger partial charge in [0, 0.05) is 5.75 Å². The number of methoxy groups -OCH3 is 1. The van der Waals surface area contributed by atoms with Crippen LogP contribution in [0.15, 0.2) is 53.7 Å². The molecule has 2 aromatic carbocycles. The van der Waals surface area contributed by atoms with E-state index in [1.165, 1.54) is 17.8 Å². The van der Waals surface area contributed by atoms with Crippen molar-refractivity contribution in [2.75, 3.05) is 7.11 Å². The van der Waals surface area contributed by atoms with Crippen LogP contribution in [0, 0.1) is 5.82 Å². The Bertz CT molecular complexity index is 777. The molecule has 0 N–H and O–H groups in total. The normalized spacial score (nSPS) is 10.6. The molecular weight excluding hydrogens is 303 g/mol. The van der Waals surface area contributed by atoms with Gasteiger partial charge < -0.3 is 4.74 Å². The minimum atomic E-state index is -0.230. The molecule has 0 radical (unpaired) electrons. The van der Waals surface area contributed by atoms with Crippen molar-refractivity contribution in [3.63, 3.8) is 0 Å². The van der Waals surface area contributed by atoms with Crippen LogP contribution in [-0.2, 0) is 5.75 Å².